The lowest BCUT2D eigenvalue weighted by Crippen LogP contribution is -2.28. The van der Waals surface area contributed by atoms with Crippen LogP contribution in [0, 0.1) is 5.82 Å². The number of nitrogens with two attached hydrogens (primary N) is 1. The average molecular weight is 502 g/mol. The zero-order valence-electron chi connectivity index (χ0n) is 18.4. The topological polar surface area (TPSA) is 137 Å². The summed E-state index contributed by atoms with van der Waals surface area (Å²) in [5.41, 5.74) is 5.21. The van der Waals surface area contributed by atoms with Gasteiger partial charge in [-0.2, -0.15) is 18.3 Å². The predicted octanol–water partition coefficient (Wildman–Crippen LogP) is 4.78. The van der Waals surface area contributed by atoms with Crippen LogP contribution in [0.15, 0.2) is 35.1 Å². The largest absolute Gasteiger partial charge is 0.401 e. The minimum atomic E-state index is -4.48. The van der Waals surface area contributed by atoms with Crippen molar-refractivity contribution >= 4 is 34.4 Å². The molecule has 4 N–H and O–H groups in total. The maximum Gasteiger partial charge on any atom is 0.401 e. The normalized spacial score (nSPS) is 16.8. The fraction of sp³-hybridized carbons (Fsp3) is 0.318. The first kappa shape index (κ1) is 22.2. The number of carbonyl (C=O) groups excluding carboxylic acids is 1. The molecular weight excluding hydrogens is 484 g/mol. The standard InChI is InChI=1S/C22H18F4N8O2/c23-12-7-10(17-16-18(27)28-9-29-19(16)34(32-17)11-2-3-11)1-4-13(12)30-20(35)31-15-8-14(36-33-15)21(5-6-21)22(24,25)26/h1,4,7-9,11H,2-3,5-6H2,(H2,27,28,29)(H2,30,31,33,35). The molecule has 36 heavy (non-hydrogen) atoms. The Morgan fingerprint density at radius 2 is 1.94 bits per heavy atom. The SMILES string of the molecule is Nc1ncnc2c1c(-c1ccc(NC(=O)Nc3cc(C4(C(F)(F)F)CC4)on3)c(F)c1)nn2C1CC1. The second kappa shape index (κ2) is 7.63. The van der Waals surface area contributed by atoms with Gasteiger partial charge in [0, 0.05) is 11.6 Å². The van der Waals surface area contributed by atoms with Crippen molar-refractivity contribution < 1.29 is 26.9 Å². The van der Waals surface area contributed by atoms with Crippen molar-refractivity contribution in [3.63, 3.8) is 0 Å². The smallest absolute Gasteiger partial charge is 0.383 e. The van der Waals surface area contributed by atoms with E-state index in [0.717, 1.165) is 18.9 Å². The molecule has 0 saturated heterocycles. The number of rotatable bonds is 5. The van der Waals surface area contributed by atoms with Crippen LogP contribution in [-0.2, 0) is 5.41 Å². The monoisotopic (exact) mass is 502 g/mol. The Hall–Kier alpha value is -4.23. The van der Waals surface area contributed by atoms with Crippen molar-refractivity contribution in [3.8, 4) is 11.3 Å². The van der Waals surface area contributed by atoms with Gasteiger partial charge in [0.1, 0.15) is 29.1 Å². The van der Waals surface area contributed by atoms with Crippen LogP contribution >= 0.6 is 0 Å². The Labute approximate surface area is 199 Å². The fourth-order valence-electron chi connectivity index (χ4n) is 4.16. The molecule has 186 valence electrons. The molecule has 2 aliphatic carbocycles. The molecule has 2 amide bonds. The Morgan fingerprint density at radius 3 is 2.61 bits per heavy atom. The van der Waals surface area contributed by atoms with Gasteiger partial charge in [-0.1, -0.05) is 11.2 Å². The van der Waals surface area contributed by atoms with E-state index in [1.54, 1.807) is 10.7 Å². The molecule has 0 unspecified atom stereocenters. The Balaban J connectivity index is 1.21. The number of anilines is 3. The Morgan fingerprint density at radius 1 is 1.17 bits per heavy atom. The minimum Gasteiger partial charge on any atom is -0.383 e. The van der Waals surface area contributed by atoms with Gasteiger partial charge in [-0.3, -0.25) is 5.32 Å². The number of halogens is 4. The zero-order valence-corrected chi connectivity index (χ0v) is 18.4. The van der Waals surface area contributed by atoms with E-state index in [1.807, 2.05) is 0 Å². The number of nitrogens with one attached hydrogen (secondary N) is 2. The van der Waals surface area contributed by atoms with Gasteiger partial charge in [-0.15, -0.1) is 0 Å². The average Bonchev–Trinajstić information content (AvgIpc) is 3.74. The van der Waals surface area contributed by atoms with Gasteiger partial charge < -0.3 is 15.6 Å². The number of urea groups is 1. The summed E-state index contributed by atoms with van der Waals surface area (Å²) in [5, 5.41) is 13.1. The van der Waals surface area contributed by atoms with Gasteiger partial charge in [-0.05, 0) is 37.8 Å². The number of aromatic nitrogens is 5. The molecule has 1 aromatic carbocycles. The Kier molecular flexibility index (Phi) is 4.72. The third-order valence-corrected chi connectivity index (χ3v) is 6.42. The van der Waals surface area contributed by atoms with Crippen LogP contribution in [-0.4, -0.2) is 37.1 Å². The molecule has 3 aromatic heterocycles. The van der Waals surface area contributed by atoms with E-state index in [4.69, 9.17) is 10.3 Å². The molecule has 0 spiro atoms. The van der Waals surface area contributed by atoms with Crippen LogP contribution in [0.5, 0.6) is 0 Å². The van der Waals surface area contributed by atoms with Crippen LogP contribution < -0.4 is 16.4 Å². The predicted molar refractivity (Wildman–Crippen MR) is 120 cm³/mol. The van der Waals surface area contributed by atoms with Crippen LogP contribution in [0.2, 0.25) is 0 Å². The molecule has 2 aliphatic rings. The Bertz CT molecular complexity index is 1500. The number of nitrogens with zero attached hydrogens (tertiary/aromatic N) is 5. The molecule has 2 saturated carbocycles. The molecule has 3 heterocycles. The zero-order chi connectivity index (χ0) is 25.2. The quantitative estimate of drug-likeness (QED) is 0.334. The summed E-state index contributed by atoms with van der Waals surface area (Å²) in [6.45, 7) is 0. The number of fused-ring (bicyclic) bond motifs is 1. The van der Waals surface area contributed by atoms with Crippen LogP contribution in [0.3, 0.4) is 0 Å². The number of hydrogen-bond donors (Lipinski definition) is 3. The molecule has 0 atom stereocenters. The first-order chi connectivity index (χ1) is 17.2. The molecule has 2 fully saturated rings. The number of alkyl halides is 3. The number of carbonyl (C=O) groups is 1. The van der Waals surface area contributed by atoms with Crippen molar-refractivity contribution in [3.05, 3.63) is 42.2 Å². The van der Waals surface area contributed by atoms with E-state index >= 15 is 0 Å². The van der Waals surface area contributed by atoms with E-state index in [0.29, 0.717) is 22.3 Å². The molecule has 4 aromatic rings. The van der Waals surface area contributed by atoms with E-state index in [2.05, 4.69) is 30.9 Å². The van der Waals surface area contributed by atoms with Gasteiger partial charge in [0.15, 0.2) is 17.2 Å². The summed E-state index contributed by atoms with van der Waals surface area (Å²) < 4.78 is 61.2. The maximum atomic E-state index is 14.9. The third-order valence-electron chi connectivity index (χ3n) is 6.42. The first-order valence-corrected chi connectivity index (χ1v) is 11.1. The number of benzene rings is 1. The molecule has 10 nitrogen and oxygen atoms in total. The lowest BCUT2D eigenvalue weighted by Gasteiger charge is -2.14. The highest BCUT2D eigenvalue weighted by Crippen LogP contribution is 2.59. The molecule has 0 radical (unpaired) electrons. The highest BCUT2D eigenvalue weighted by Gasteiger charge is 2.66. The van der Waals surface area contributed by atoms with Crippen molar-refractivity contribution in [2.75, 3.05) is 16.4 Å². The van der Waals surface area contributed by atoms with Crippen molar-refractivity contribution in [1.82, 2.24) is 24.9 Å². The third kappa shape index (κ3) is 3.60. The molecule has 14 heteroatoms. The van der Waals surface area contributed by atoms with Gasteiger partial charge >= 0.3 is 12.2 Å². The van der Waals surface area contributed by atoms with Gasteiger partial charge in [0.25, 0.3) is 0 Å². The number of amides is 2. The maximum absolute atomic E-state index is 14.9. The summed E-state index contributed by atoms with van der Waals surface area (Å²) in [7, 11) is 0. The fourth-order valence-corrected chi connectivity index (χ4v) is 4.16. The molecule has 0 bridgehead atoms. The van der Waals surface area contributed by atoms with Crippen molar-refractivity contribution in [2.24, 2.45) is 0 Å². The van der Waals surface area contributed by atoms with Gasteiger partial charge in [-0.25, -0.2) is 23.8 Å². The van der Waals surface area contributed by atoms with Gasteiger partial charge in [0.2, 0.25) is 0 Å². The number of hydrogen-bond acceptors (Lipinski definition) is 7. The van der Waals surface area contributed by atoms with E-state index in [9.17, 15) is 22.4 Å². The highest BCUT2D eigenvalue weighted by molar-refractivity contribution is 6.00. The van der Waals surface area contributed by atoms with E-state index in [-0.39, 0.29) is 42.0 Å². The second-order valence-electron chi connectivity index (χ2n) is 8.91. The summed E-state index contributed by atoms with van der Waals surface area (Å²) in [5.74, 6) is -1.14. The van der Waals surface area contributed by atoms with Crippen LogP contribution in [0.1, 0.15) is 37.5 Å². The summed E-state index contributed by atoms with van der Waals surface area (Å²) >= 11 is 0. The lowest BCUT2D eigenvalue weighted by molar-refractivity contribution is -0.165. The molecule has 0 aliphatic heterocycles. The number of nitrogen functional groups attached to an aromatic ring is 1. The van der Waals surface area contributed by atoms with Crippen molar-refractivity contribution in [1.29, 1.82) is 0 Å². The summed E-state index contributed by atoms with van der Waals surface area (Å²) in [4.78, 5) is 20.6. The summed E-state index contributed by atoms with van der Waals surface area (Å²) in [6, 6.07) is 4.40. The van der Waals surface area contributed by atoms with E-state index in [1.165, 1.54) is 18.5 Å². The second-order valence-corrected chi connectivity index (χ2v) is 8.91. The molecular formula is C22H18F4N8O2. The van der Waals surface area contributed by atoms with Crippen LogP contribution in [0.4, 0.5) is 39.7 Å². The minimum absolute atomic E-state index is 0.110. The van der Waals surface area contributed by atoms with Crippen molar-refractivity contribution in [2.45, 2.75) is 43.3 Å². The first-order valence-electron chi connectivity index (χ1n) is 11.1. The van der Waals surface area contributed by atoms with Gasteiger partial charge in [0.05, 0.1) is 17.1 Å². The van der Waals surface area contributed by atoms with E-state index < -0.39 is 23.4 Å². The lowest BCUT2D eigenvalue weighted by atomic mass is 10.0. The summed E-state index contributed by atoms with van der Waals surface area (Å²) in [6.07, 6.45) is -1.44. The van der Waals surface area contributed by atoms with Crippen LogP contribution in [0.25, 0.3) is 22.3 Å². The highest BCUT2D eigenvalue weighted by atomic mass is 19.4. The molecule has 6 rings (SSSR count).